The third kappa shape index (κ3) is 10.4. The first-order valence-corrected chi connectivity index (χ1v) is 40.4. The zero-order valence-electron chi connectivity index (χ0n) is 58.1. The first-order chi connectivity index (χ1) is 51.8. The Hall–Kier alpha value is -12.2. The highest BCUT2D eigenvalue weighted by molar-refractivity contribution is 7.87. The fraction of sp³-hybridized carbons (Fsp3) is 0.0426. The van der Waals surface area contributed by atoms with E-state index >= 15 is 13.7 Å². The van der Waals surface area contributed by atoms with Crippen LogP contribution in [0, 0.1) is 27.7 Å². The van der Waals surface area contributed by atoms with E-state index in [2.05, 4.69) is 107 Å². The van der Waals surface area contributed by atoms with E-state index in [1.807, 2.05) is 243 Å². The predicted octanol–water partition coefficient (Wildman–Crippen LogP) is 21.8. The van der Waals surface area contributed by atoms with Gasteiger partial charge in [0.2, 0.25) is 0 Å². The van der Waals surface area contributed by atoms with E-state index in [9.17, 15) is 0 Å². The zero-order chi connectivity index (χ0) is 71.6. The van der Waals surface area contributed by atoms with Crippen LogP contribution in [0.2, 0.25) is 0 Å². The normalized spacial score (nSPS) is 16.8. The van der Waals surface area contributed by atoms with Gasteiger partial charge in [0, 0.05) is 0 Å². The van der Waals surface area contributed by atoms with Gasteiger partial charge in [0.25, 0.3) is 0 Å². The highest BCUT2D eigenvalue weighted by Gasteiger charge is 2.50. The third-order valence-electron chi connectivity index (χ3n) is 20.9. The monoisotopic (exact) mass is 1430 g/mol. The highest BCUT2D eigenvalue weighted by atomic mass is 31.2. The molecule has 6 heterocycles. The smallest absolute Gasteiger partial charge is 0.185 e. The molecule has 106 heavy (non-hydrogen) atoms. The molecule has 0 bridgehead atoms. The van der Waals surface area contributed by atoms with E-state index in [0.29, 0.717) is 101 Å². The summed E-state index contributed by atoms with van der Waals surface area (Å²) in [6.45, 7) is 8.37. The number of hydrogen-bond donors (Lipinski definition) is 0. The van der Waals surface area contributed by atoms with Crippen molar-refractivity contribution < 1.29 is 42.1 Å². The largest absolute Gasteiger partial charge is 0.456 e. The van der Waals surface area contributed by atoms with Crippen molar-refractivity contribution in [3.63, 3.8) is 0 Å². The van der Waals surface area contributed by atoms with Crippen molar-refractivity contribution in [3.05, 3.63) is 344 Å². The van der Waals surface area contributed by atoms with Crippen molar-refractivity contribution in [2.24, 2.45) is 0 Å². The molecule has 0 aliphatic carbocycles. The molecule has 0 amide bonds. The Morgan fingerprint density at radius 2 is 0.434 bits per heavy atom. The van der Waals surface area contributed by atoms with E-state index in [-0.39, 0.29) is 0 Å². The number of para-hydroxylation sites is 3. The molecule has 0 spiro atoms. The van der Waals surface area contributed by atoms with Crippen molar-refractivity contribution in [1.82, 2.24) is 0 Å². The van der Waals surface area contributed by atoms with E-state index in [1.165, 1.54) is 11.1 Å². The van der Waals surface area contributed by atoms with Crippen LogP contribution in [0.15, 0.2) is 322 Å². The molecule has 21 rings (SSSR count). The van der Waals surface area contributed by atoms with Gasteiger partial charge in [-0.3, -0.25) is 0 Å². The molecule has 0 radical (unpaired) electrons. The maximum absolute atomic E-state index is 15.3. The van der Waals surface area contributed by atoms with Gasteiger partial charge in [0.05, 0.1) is 31.8 Å². The summed E-state index contributed by atoms with van der Waals surface area (Å²) in [6.07, 6.45) is 0. The summed E-state index contributed by atoms with van der Waals surface area (Å²) in [5.41, 5.74) is 17.2. The minimum absolute atomic E-state index is 0.593. The summed E-state index contributed by atoms with van der Waals surface area (Å²) in [7, 11) is -9.65. The maximum atomic E-state index is 15.3. The molecule has 15 aromatic rings. The summed E-state index contributed by atoms with van der Waals surface area (Å²) in [6, 6.07) is 106. The highest BCUT2D eigenvalue weighted by Crippen LogP contribution is 2.63. The topological polar surface area (TPSA) is 107 Å². The van der Waals surface area contributed by atoms with Crippen LogP contribution in [0.25, 0.3) is 66.8 Å². The minimum Gasteiger partial charge on any atom is -0.456 e. The predicted molar refractivity (Wildman–Crippen MR) is 430 cm³/mol. The number of ether oxygens (including phenoxy) is 6. The first-order valence-electron chi connectivity index (χ1n) is 35.3. The molecule has 0 saturated carbocycles. The fourth-order valence-corrected chi connectivity index (χ4v) is 24.9. The van der Waals surface area contributed by atoms with Crippen LogP contribution in [-0.4, -0.2) is 0 Å². The second kappa shape index (κ2) is 25.3. The average molecular weight is 1430 g/mol. The quantitative estimate of drug-likeness (QED) is 0.150. The molecule has 6 aliphatic rings. The molecule has 510 valence electrons. The van der Waals surface area contributed by atoms with Gasteiger partial charge in [0.1, 0.15) is 84.9 Å². The molecule has 3 atom stereocenters. The Bertz CT molecular complexity index is 6320. The van der Waals surface area contributed by atoms with Crippen LogP contribution in [0.3, 0.4) is 0 Å². The molecule has 0 N–H and O–H groups in total. The van der Waals surface area contributed by atoms with Gasteiger partial charge < -0.3 is 42.1 Å². The molecule has 12 heteroatoms. The third-order valence-corrected chi connectivity index (χ3v) is 30.4. The SMILES string of the molecule is Cc1ccccc1-c1cc2c3c(c1)Oc1cc(-c4ccccc4)ccc1P3(=O)c1ccccc1O2.Cc1ccccc1-c1ccc2c(c1)Oc1cc(-c3ccccc3C)cc3c1P2(=O)c1ccccc1O3.Cc1ccccc1-c1ccc2c(c1)P1(=O)c3ccccc3Oc3cc(-c4ccccc4)cc(c31)O2. The van der Waals surface area contributed by atoms with E-state index in [4.69, 9.17) is 28.4 Å². The van der Waals surface area contributed by atoms with Crippen molar-refractivity contribution in [1.29, 1.82) is 0 Å². The Morgan fingerprint density at radius 1 is 0.179 bits per heavy atom. The van der Waals surface area contributed by atoms with Crippen LogP contribution in [0.1, 0.15) is 22.3 Å². The molecular formula is C94H65O9P3. The molecular weight excluding hydrogens is 1370 g/mol. The lowest BCUT2D eigenvalue weighted by Crippen LogP contribution is -2.35. The number of aryl methyl sites for hydroxylation is 4. The average Bonchev–Trinajstić information content (AvgIpc) is 0.711. The summed E-state index contributed by atoms with van der Waals surface area (Å²) >= 11 is 0. The van der Waals surface area contributed by atoms with Gasteiger partial charge in [-0.25, -0.2) is 0 Å². The van der Waals surface area contributed by atoms with E-state index < -0.39 is 21.4 Å². The van der Waals surface area contributed by atoms with E-state index in [1.54, 1.807) is 0 Å². The van der Waals surface area contributed by atoms with Gasteiger partial charge in [-0.1, -0.05) is 212 Å². The second-order valence-electron chi connectivity index (χ2n) is 27.3. The lowest BCUT2D eigenvalue weighted by atomic mass is 9.99. The van der Waals surface area contributed by atoms with Crippen LogP contribution < -0.4 is 76.2 Å². The number of benzene rings is 15. The molecule has 0 fully saturated rings. The van der Waals surface area contributed by atoms with Crippen molar-refractivity contribution in [2.45, 2.75) is 27.7 Å². The fourth-order valence-electron chi connectivity index (χ4n) is 15.8. The minimum atomic E-state index is -3.24. The Labute approximate surface area is 614 Å². The molecule has 0 aromatic heterocycles. The number of hydrogen-bond acceptors (Lipinski definition) is 9. The maximum Gasteiger partial charge on any atom is 0.185 e. The zero-order valence-corrected chi connectivity index (χ0v) is 60.8. The Kier molecular flexibility index (Phi) is 15.4. The van der Waals surface area contributed by atoms with Crippen LogP contribution in [-0.2, 0) is 13.7 Å². The number of rotatable bonds is 6. The molecule has 0 saturated heterocycles. The summed E-state index contributed by atoms with van der Waals surface area (Å²) in [5.74, 6) is 7.37. The molecule has 6 aliphatic heterocycles. The first kappa shape index (κ1) is 64.6. The standard InChI is InChI=1S/C32H23O3P.2C31H21O3P/c1-20-9-3-5-11-24(20)22-15-16-31-27(17-22)35-29-19-23(25-12-6-4-10-21(25)2)18-28-32(29)36(31,33)30-14-8-7-13-26(30)34-28;1-20-9-5-6-12-24(20)22-15-16-26-30(19-22)35(32)29-14-8-7-13-25(29)33-27-17-23(18-28(34-26)31(27)35)21-10-3-2-4-11-21;1-20-9-5-6-12-24(20)23-18-27-31-28(19-23)34-26-17-22(21-10-3-2-4-11-21)15-16-30(26)35(31,32)29-14-8-7-13-25(29)33-27/h3-19H,1-2H3;2*2-19H,1H3. The van der Waals surface area contributed by atoms with Crippen LogP contribution >= 0.6 is 21.4 Å². The lowest BCUT2D eigenvalue weighted by molar-refractivity contribution is 0.461. The van der Waals surface area contributed by atoms with Gasteiger partial charge in [-0.2, -0.15) is 0 Å². The summed E-state index contributed by atoms with van der Waals surface area (Å²) in [4.78, 5) is 0. The second-order valence-corrected chi connectivity index (χ2v) is 35.2. The van der Waals surface area contributed by atoms with Gasteiger partial charge in [-0.05, 0) is 226 Å². The Morgan fingerprint density at radius 3 is 0.830 bits per heavy atom. The summed E-state index contributed by atoms with van der Waals surface area (Å²) in [5, 5.41) is 6.24. The van der Waals surface area contributed by atoms with Crippen LogP contribution in [0.4, 0.5) is 0 Å². The molecule has 15 aromatic carbocycles. The summed E-state index contributed by atoms with van der Waals surface area (Å²) < 4.78 is 84.2. The van der Waals surface area contributed by atoms with Crippen molar-refractivity contribution in [2.75, 3.05) is 0 Å². The van der Waals surface area contributed by atoms with Gasteiger partial charge >= 0.3 is 0 Å². The van der Waals surface area contributed by atoms with Crippen LogP contribution in [0.5, 0.6) is 69.0 Å². The van der Waals surface area contributed by atoms with Gasteiger partial charge in [0.15, 0.2) is 21.4 Å². The lowest BCUT2D eigenvalue weighted by Gasteiger charge is -2.35. The van der Waals surface area contributed by atoms with E-state index in [0.717, 1.165) is 93.8 Å². The van der Waals surface area contributed by atoms with Crippen molar-refractivity contribution in [3.8, 4) is 136 Å². The molecule has 3 unspecified atom stereocenters. The molecule has 9 nitrogen and oxygen atoms in total. The van der Waals surface area contributed by atoms with Crippen molar-refractivity contribution >= 4 is 69.2 Å². The Balaban J connectivity index is 0.000000109. The van der Waals surface area contributed by atoms with Gasteiger partial charge in [-0.15, -0.1) is 0 Å². The number of fused-ring (bicyclic) bond motifs is 12.